The number of likely N-dealkylation sites (tertiary alicyclic amines) is 1. The van der Waals surface area contributed by atoms with Crippen molar-refractivity contribution in [1.29, 1.82) is 0 Å². The third-order valence-corrected chi connectivity index (χ3v) is 4.82. The maximum absolute atomic E-state index is 12.5. The molecule has 9 heteroatoms. The second-order valence-corrected chi connectivity index (χ2v) is 7.93. The van der Waals surface area contributed by atoms with E-state index in [1.807, 2.05) is 12.1 Å². The Bertz CT molecular complexity index is 760. The lowest BCUT2D eigenvalue weighted by atomic mass is 9.92. The zero-order valence-corrected chi connectivity index (χ0v) is 15.2. The van der Waals surface area contributed by atoms with Crippen molar-refractivity contribution in [2.75, 3.05) is 19.6 Å². The number of alkyl halides is 3. The molecule has 0 bridgehead atoms. The fraction of sp³-hybridized carbons (Fsp3) is 0.706. The van der Waals surface area contributed by atoms with Crippen LogP contribution < -0.4 is 0 Å². The van der Waals surface area contributed by atoms with E-state index in [0.29, 0.717) is 31.6 Å². The maximum Gasteiger partial charge on any atom is 0.415 e. The highest BCUT2D eigenvalue weighted by molar-refractivity contribution is 5.37. The standard InChI is InChI=1S/C17H24F3N5O/c1-16(2,3)12-4-5-14-21-22-15(25(14)23-12)11-6-8-24(9-7-11)10-13(26)17(18,19)20/h4-5,11,13,26H,6-10H2,1-3H3. The Labute approximate surface area is 150 Å². The Morgan fingerprint density at radius 3 is 2.38 bits per heavy atom. The van der Waals surface area contributed by atoms with Crippen molar-refractivity contribution >= 4 is 5.65 Å². The van der Waals surface area contributed by atoms with E-state index in [2.05, 4.69) is 36.1 Å². The molecule has 0 spiro atoms. The lowest BCUT2D eigenvalue weighted by Gasteiger charge is -2.32. The van der Waals surface area contributed by atoms with Crippen LogP contribution in [-0.4, -0.2) is 61.7 Å². The Morgan fingerprint density at radius 2 is 1.81 bits per heavy atom. The van der Waals surface area contributed by atoms with Crippen molar-refractivity contribution in [3.8, 4) is 0 Å². The van der Waals surface area contributed by atoms with Gasteiger partial charge in [-0.25, -0.2) is 0 Å². The Hall–Kier alpha value is -1.74. The minimum atomic E-state index is -4.58. The first kappa shape index (κ1) is 19.0. The zero-order chi connectivity index (χ0) is 19.1. The fourth-order valence-electron chi connectivity index (χ4n) is 3.18. The molecule has 6 nitrogen and oxygen atoms in total. The summed E-state index contributed by atoms with van der Waals surface area (Å²) in [6.07, 6.45) is -5.56. The molecule has 1 atom stereocenters. The van der Waals surface area contributed by atoms with Crippen LogP contribution in [0.1, 0.15) is 51.0 Å². The molecule has 1 N–H and O–H groups in total. The van der Waals surface area contributed by atoms with E-state index in [4.69, 9.17) is 0 Å². The van der Waals surface area contributed by atoms with Crippen LogP contribution in [0, 0.1) is 0 Å². The number of fused-ring (bicyclic) bond motifs is 1. The van der Waals surface area contributed by atoms with Crippen LogP contribution in [0.3, 0.4) is 0 Å². The molecule has 2 aromatic heterocycles. The highest BCUT2D eigenvalue weighted by Gasteiger charge is 2.39. The van der Waals surface area contributed by atoms with Gasteiger partial charge in [0.1, 0.15) is 0 Å². The zero-order valence-electron chi connectivity index (χ0n) is 15.2. The van der Waals surface area contributed by atoms with Crippen LogP contribution >= 0.6 is 0 Å². The van der Waals surface area contributed by atoms with Gasteiger partial charge in [-0.2, -0.15) is 22.8 Å². The summed E-state index contributed by atoms with van der Waals surface area (Å²) in [4.78, 5) is 1.64. The van der Waals surface area contributed by atoms with Crippen LogP contribution in [0.4, 0.5) is 13.2 Å². The van der Waals surface area contributed by atoms with Gasteiger partial charge in [0.25, 0.3) is 0 Å². The fourth-order valence-corrected chi connectivity index (χ4v) is 3.18. The molecule has 2 aromatic rings. The normalized spacial score (nSPS) is 19.2. The summed E-state index contributed by atoms with van der Waals surface area (Å²) in [7, 11) is 0. The van der Waals surface area contributed by atoms with Gasteiger partial charge in [-0.1, -0.05) is 20.8 Å². The van der Waals surface area contributed by atoms with Gasteiger partial charge in [0.05, 0.1) is 5.69 Å². The molecule has 1 aliphatic rings. The van der Waals surface area contributed by atoms with Crippen LogP contribution in [0.25, 0.3) is 5.65 Å². The Balaban J connectivity index is 1.72. The second-order valence-electron chi connectivity index (χ2n) is 7.93. The van der Waals surface area contributed by atoms with Crippen molar-refractivity contribution in [3.63, 3.8) is 0 Å². The monoisotopic (exact) mass is 371 g/mol. The van der Waals surface area contributed by atoms with E-state index in [-0.39, 0.29) is 17.9 Å². The van der Waals surface area contributed by atoms with Gasteiger partial charge in [-0.15, -0.1) is 10.2 Å². The molecule has 1 unspecified atom stereocenters. The largest absolute Gasteiger partial charge is 0.415 e. The Morgan fingerprint density at radius 1 is 1.15 bits per heavy atom. The number of halogens is 3. The van der Waals surface area contributed by atoms with E-state index in [9.17, 15) is 18.3 Å². The Kier molecular flexibility index (Phi) is 4.96. The van der Waals surface area contributed by atoms with E-state index >= 15 is 0 Å². The average Bonchev–Trinajstić information content (AvgIpc) is 2.97. The molecule has 0 amide bonds. The van der Waals surface area contributed by atoms with Gasteiger partial charge >= 0.3 is 6.18 Å². The molecule has 1 saturated heterocycles. The van der Waals surface area contributed by atoms with Crippen molar-refractivity contribution in [3.05, 3.63) is 23.7 Å². The molecule has 144 valence electrons. The first-order valence-corrected chi connectivity index (χ1v) is 8.75. The molecule has 1 aliphatic heterocycles. The van der Waals surface area contributed by atoms with E-state index in [1.165, 1.54) is 0 Å². The average molecular weight is 371 g/mol. The van der Waals surface area contributed by atoms with Crippen LogP contribution in [0.5, 0.6) is 0 Å². The van der Waals surface area contributed by atoms with Crippen molar-refractivity contribution in [2.45, 2.75) is 57.2 Å². The van der Waals surface area contributed by atoms with Gasteiger partial charge < -0.3 is 10.0 Å². The molecule has 0 radical (unpaired) electrons. The molecule has 0 aromatic carbocycles. The van der Waals surface area contributed by atoms with E-state index in [0.717, 1.165) is 11.5 Å². The molecular formula is C17H24F3N5O. The molecular weight excluding hydrogens is 347 g/mol. The maximum atomic E-state index is 12.5. The summed E-state index contributed by atoms with van der Waals surface area (Å²) in [5.41, 5.74) is 1.49. The van der Waals surface area contributed by atoms with Gasteiger partial charge in [-0.3, -0.25) is 0 Å². The molecule has 26 heavy (non-hydrogen) atoms. The number of β-amino-alcohol motifs (C(OH)–C–C–N with tert-alkyl or cyclic N) is 1. The minimum absolute atomic E-state index is 0.0898. The SMILES string of the molecule is CC(C)(C)c1ccc2nnc(C3CCN(CC(O)C(F)(F)F)CC3)n2n1. The third-order valence-electron chi connectivity index (χ3n) is 4.82. The van der Waals surface area contributed by atoms with Gasteiger partial charge in [0, 0.05) is 17.9 Å². The van der Waals surface area contributed by atoms with Crippen molar-refractivity contribution in [2.24, 2.45) is 0 Å². The number of hydrogen-bond acceptors (Lipinski definition) is 5. The van der Waals surface area contributed by atoms with Crippen LogP contribution in [0.2, 0.25) is 0 Å². The summed E-state index contributed by atoms with van der Waals surface area (Å²) in [5.74, 6) is 0.842. The highest BCUT2D eigenvalue weighted by atomic mass is 19.4. The lowest BCUT2D eigenvalue weighted by molar-refractivity contribution is -0.208. The summed E-state index contributed by atoms with van der Waals surface area (Å²) >= 11 is 0. The van der Waals surface area contributed by atoms with Crippen molar-refractivity contribution < 1.29 is 18.3 Å². The molecule has 0 saturated carbocycles. The number of aromatic nitrogens is 4. The number of piperidine rings is 1. The first-order valence-electron chi connectivity index (χ1n) is 8.75. The predicted molar refractivity (Wildman–Crippen MR) is 90.0 cm³/mol. The molecule has 3 heterocycles. The highest BCUT2D eigenvalue weighted by Crippen LogP contribution is 2.29. The molecule has 0 aliphatic carbocycles. The molecule has 1 fully saturated rings. The van der Waals surface area contributed by atoms with Gasteiger partial charge in [-0.05, 0) is 38.1 Å². The number of aliphatic hydroxyl groups is 1. The smallest absolute Gasteiger partial charge is 0.382 e. The van der Waals surface area contributed by atoms with Crippen LogP contribution in [0.15, 0.2) is 12.1 Å². The van der Waals surface area contributed by atoms with Crippen LogP contribution in [-0.2, 0) is 5.41 Å². The predicted octanol–water partition coefficient (Wildman–Crippen LogP) is 2.52. The summed E-state index contributed by atoms with van der Waals surface area (Å²) in [6, 6.07) is 3.83. The van der Waals surface area contributed by atoms with E-state index < -0.39 is 12.3 Å². The van der Waals surface area contributed by atoms with Gasteiger partial charge in [0.15, 0.2) is 17.6 Å². The molecule has 3 rings (SSSR count). The summed E-state index contributed by atoms with van der Waals surface area (Å²) in [6.45, 7) is 6.81. The number of rotatable bonds is 3. The number of hydrogen-bond donors (Lipinski definition) is 1. The number of aliphatic hydroxyl groups excluding tert-OH is 1. The first-order chi connectivity index (χ1) is 12.1. The van der Waals surface area contributed by atoms with Crippen molar-refractivity contribution in [1.82, 2.24) is 24.7 Å². The topological polar surface area (TPSA) is 66.5 Å². The van der Waals surface area contributed by atoms with Gasteiger partial charge in [0.2, 0.25) is 0 Å². The summed E-state index contributed by atoms with van der Waals surface area (Å²) in [5, 5.41) is 22.3. The third kappa shape index (κ3) is 3.98. The summed E-state index contributed by atoms with van der Waals surface area (Å²) < 4.78 is 39.3. The number of nitrogens with zero attached hydrogens (tertiary/aromatic N) is 5. The quantitative estimate of drug-likeness (QED) is 0.898. The minimum Gasteiger partial charge on any atom is -0.382 e. The lowest BCUT2D eigenvalue weighted by Crippen LogP contribution is -2.44. The van der Waals surface area contributed by atoms with E-state index in [1.54, 1.807) is 9.42 Å². The second kappa shape index (κ2) is 6.77.